The summed E-state index contributed by atoms with van der Waals surface area (Å²) < 4.78 is 44.2. The molecule has 0 saturated carbocycles. The minimum atomic E-state index is -4.36. The van der Waals surface area contributed by atoms with Crippen LogP contribution in [0.5, 0.6) is 0 Å². The van der Waals surface area contributed by atoms with Gasteiger partial charge in [0.15, 0.2) is 0 Å². The van der Waals surface area contributed by atoms with Crippen LogP contribution in [0.2, 0.25) is 5.02 Å². The number of benzene rings is 2. The molecule has 2 aromatic carbocycles. The molecule has 1 N–H and O–H groups in total. The monoisotopic (exact) mass is 567 g/mol. The molecule has 1 heterocycles. The predicted octanol–water partition coefficient (Wildman–Crippen LogP) is 7.50. The zero-order valence-corrected chi connectivity index (χ0v) is 23.7. The SMILES string of the molecule is CCCN(Cc1ccc(C(F)(F)F)cc1)Cc1ccc(NC(=O)[C@H]2CCCCN2C(=O)OC(C)(C)C)cc1Cl. The molecule has 0 bridgehead atoms. The number of carbonyl (C=O) groups is 2. The molecular weight excluding hydrogens is 531 g/mol. The highest BCUT2D eigenvalue weighted by atomic mass is 35.5. The van der Waals surface area contributed by atoms with Gasteiger partial charge in [0.25, 0.3) is 0 Å². The van der Waals surface area contributed by atoms with Gasteiger partial charge in [0, 0.05) is 30.3 Å². The normalized spacial score (nSPS) is 16.3. The van der Waals surface area contributed by atoms with Crippen LogP contribution in [-0.4, -0.2) is 46.5 Å². The summed E-state index contributed by atoms with van der Waals surface area (Å²) in [7, 11) is 0. The quantitative estimate of drug-likeness (QED) is 0.359. The summed E-state index contributed by atoms with van der Waals surface area (Å²) in [5.41, 5.74) is 0.808. The molecule has 2 aromatic rings. The van der Waals surface area contributed by atoms with Crippen LogP contribution in [-0.2, 0) is 28.8 Å². The Morgan fingerprint density at radius 3 is 2.36 bits per heavy atom. The van der Waals surface area contributed by atoms with Gasteiger partial charge in [0.1, 0.15) is 11.6 Å². The highest BCUT2D eigenvalue weighted by Crippen LogP contribution is 2.30. The Balaban J connectivity index is 1.66. The number of nitrogens with zero attached hydrogens (tertiary/aromatic N) is 2. The number of hydrogen-bond acceptors (Lipinski definition) is 4. The molecule has 6 nitrogen and oxygen atoms in total. The van der Waals surface area contributed by atoms with E-state index in [1.54, 1.807) is 32.9 Å². The predicted molar refractivity (Wildman–Crippen MR) is 147 cm³/mol. The number of ether oxygens (including phenoxy) is 1. The van der Waals surface area contributed by atoms with Crippen LogP contribution >= 0.6 is 11.6 Å². The summed E-state index contributed by atoms with van der Waals surface area (Å²) in [5.74, 6) is -0.292. The first-order chi connectivity index (χ1) is 18.3. The molecular formula is C29H37ClF3N3O3. The maximum Gasteiger partial charge on any atom is 0.416 e. The lowest BCUT2D eigenvalue weighted by Gasteiger charge is -2.35. The van der Waals surface area contributed by atoms with Crippen LogP contribution in [0, 0.1) is 0 Å². The van der Waals surface area contributed by atoms with Crippen molar-refractivity contribution < 1.29 is 27.5 Å². The fourth-order valence-corrected chi connectivity index (χ4v) is 4.79. The number of carbonyl (C=O) groups excluding carboxylic acids is 2. The van der Waals surface area contributed by atoms with Gasteiger partial charge >= 0.3 is 12.3 Å². The molecule has 1 aliphatic rings. The topological polar surface area (TPSA) is 61.9 Å². The first-order valence-corrected chi connectivity index (χ1v) is 13.6. The van der Waals surface area contributed by atoms with Gasteiger partial charge < -0.3 is 10.1 Å². The first-order valence-electron chi connectivity index (χ1n) is 13.2. The van der Waals surface area contributed by atoms with E-state index < -0.39 is 29.5 Å². The smallest absolute Gasteiger partial charge is 0.416 e. The van der Waals surface area contributed by atoms with E-state index in [1.165, 1.54) is 17.0 Å². The zero-order chi connectivity index (χ0) is 28.8. The van der Waals surface area contributed by atoms with Crippen LogP contribution in [0.15, 0.2) is 42.5 Å². The van der Waals surface area contributed by atoms with E-state index in [2.05, 4.69) is 10.2 Å². The molecule has 10 heteroatoms. The van der Waals surface area contributed by atoms with Gasteiger partial charge in [-0.15, -0.1) is 0 Å². The van der Waals surface area contributed by atoms with Crippen molar-refractivity contribution in [2.24, 2.45) is 0 Å². The van der Waals surface area contributed by atoms with Crippen molar-refractivity contribution in [3.05, 3.63) is 64.2 Å². The zero-order valence-electron chi connectivity index (χ0n) is 22.9. The molecule has 0 aromatic heterocycles. The van der Waals surface area contributed by atoms with Crippen LogP contribution in [0.3, 0.4) is 0 Å². The number of likely N-dealkylation sites (tertiary alicyclic amines) is 1. The minimum absolute atomic E-state index is 0.292. The molecule has 1 fully saturated rings. The Morgan fingerprint density at radius 1 is 1.08 bits per heavy atom. The second-order valence-corrected chi connectivity index (χ2v) is 11.3. The van der Waals surface area contributed by atoms with Crippen molar-refractivity contribution in [2.45, 2.75) is 84.3 Å². The van der Waals surface area contributed by atoms with Gasteiger partial charge in [-0.2, -0.15) is 13.2 Å². The Kier molecular flexibility index (Phi) is 10.3. The Hall–Kier alpha value is -2.78. The van der Waals surface area contributed by atoms with Crippen LogP contribution in [0.4, 0.5) is 23.7 Å². The van der Waals surface area contributed by atoms with E-state index in [9.17, 15) is 22.8 Å². The summed E-state index contributed by atoms with van der Waals surface area (Å²) in [4.78, 5) is 29.4. The van der Waals surface area contributed by atoms with Crippen molar-refractivity contribution in [3.63, 3.8) is 0 Å². The van der Waals surface area contributed by atoms with E-state index in [1.807, 2.05) is 13.0 Å². The molecule has 1 aliphatic heterocycles. The van der Waals surface area contributed by atoms with E-state index in [-0.39, 0.29) is 5.91 Å². The van der Waals surface area contributed by atoms with E-state index in [0.717, 1.165) is 49.1 Å². The van der Waals surface area contributed by atoms with Crippen molar-refractivity contribution >= 4 is 29.3 Å². The van der Waals surface area contributed by atoms with Crippen molar-refractivity contribution in [1.29, 1.82) is 0 Å². The number of amides is 2. The molecule has 39 heavy (non-hydrogen) atoms. The molecule has 1 atom stereocenters. The van der Waals surface area contributed by atoms with Crippen LogP contribution < -0.4 is 5.32 Å². The molecule has 214 valence electrons. The van der Waals surface area contributed by atoms with Gasteiger partial charge in [-0.1, -0.05) is 36.7 Å². The number of anilines is 1. The molecule has 3 rings (SSSR count). The molecule has 0 radical (unpaired) electrons. The van der Waals surface area contributed by atoms with Gasteiger partial charge in [-0.05, 0) is 88.4 Å². The number of alkyl halides is 3. The van der Waals surface area contributed by atoms with Crippen LogP contribution in [0.1, 0.15) is 70.1 Å². The van der Waals surface area contributed by atoms with Crippen molar-refractivity contribution in [2.75, 3.05) is 18.4 Å². The van der Waals surface area contributed by atoms with E-state index in [4.69, 9.17) is 16.3 Å². The summed E-state index contributed by atoms with van der Waals surface area (Å²) in [6.07, 6.45) is -1.81. The van der Waals surface area contributed by atoms with Gasteiger partial charge in [-0.3, -0.25) is 14.6 Å². The third kappa shape index (κ3) is 9.14. The summed E-state index contributed by atoms with van der Waals surface area (Å²) >= 11 is 6.58. The molecule has 1 saturated heterocycles. The third-order valence-electron chi connectivity index (χ3n) is 6.38. The van der Waals surface area contributed by atoms with Crippen molar-refractivity contribution in [3.8, 4) is 0 Å². The largest absolute Gasteiger partial charge is 0.444 e. The minimum Gasteiger partial charge on any atom is -0.444 e. The lowest BCUT2D eigenvalue weighted by molar-refractivity contribution is -0.137. The second-order valence-electron chi connectivity index (χ2n) is 10.9. The number of nitrogens with one attached hydrogen (secondary N) is 1. The molecule has 2 amide bonds. The third-order valence-corrected chi connectivity index (χ3v) is 6.73. The fraction of sp³-hybridized carbons (Fsp3) is 0.517. The average Bonchev–Trinajstić information content (AvgIpc) is 2.84. The van der Waals surface area contributed by atoms with E-state index in [0.29, 0.717) is 36.8 Å². The Morgan fingerprint density at radius 2 is 1.77 bits per heavy atom. The molecule has 0 unspecified atom stereocenters. The lowest BCUT2D eigenvalue weighted by atomic mass is 10.0. The highest BCUT2D eigenvalue weighted by Gasteiger charge is 2.35. The number of piperidine rings is 1. The molecule has 0 aliphatic carbocycles. The average molecular weight is 568 g/mol. The summed E-state index contributed by atoms with van der Waals surface area (Å²) in [6.45, 7) is 9.57. The van der Waals surface area contributed by atoms with Gasteiger partial charge in [-0.25, -0.2) is 4.79 Å². The van der Waals surface area contributed by atoms with Gasteiger partial charge in [0.05, 0.1) is 5.56 Å². The summed E-state index contributed by atoms with van der Waals surface area (Å²) in [5, 5.41) is 3.35. The Bertz CT molecular complexity index is 1130. The fourth-order valence-electron chi connectivity index (χ4n) is 4.55. The maximum absolute atomic E-state index is 13.1. The molecule has 0 spiro atoms. The maximum atomic E-state index is 13.1. The van der Waals surface area contributed by atoms with Crippen molar-refractivity contribution in [1.82, 2.24) is 9.80 Å². The highest BCUT2D eigenvalue weighted by molar-refractivity contribution is 6.31. The number of rotatable bonds is 8. The summed E-state index contributed by atoms with van der Waals surface area (Å²) in [6, 6.07) is 9.84. The Labute approximate surface area is 233 Å². The number of halogens is 4. The lowest BCUT2D eigenvalue weighted by Crippen LogP contribution is -2.51. The van der Waals surface area contributed by atoms with E-state index >= 15 is 0 Å². The number of hydrogen-bond donors (Lipinski definition) is 1. The second kappa shape index (κ2) is 13.0. The van der Waals surface area contributed by atoms with Gasteiger partial charge in [0.2, 0.25) is 5.91 Å². The standard InChI is InChI=1S/C29H37ClF3N3O3/c1-5-15-35(18-20-9-12-22(13-10-20)29(31,32)33)19-21-11-14-23(17-24(21)30)34-26(37)25-8-6-7-16-36(25)27(38)39-28(2,3)4/h9-14,17,25H,5-8,15-16,18-19H2,1-4H3,(H,34,37)/t25-/m1/s1. The first kappa shape index (κ1) is 30.8. The van der Waals surface area contributed by atoms with Crippen LogP contribution in [0.25, 0.3) is 0 Å².